The Hall–Kier alpha value is -3.14. The van der Waals surface area contributed by atoms with Gasteiger partial charge in [-0.05, 0) is 74.1 Å². The Morgan fingerprint density at radius 3 is 1.92 bits per heavy atom. The summed E-state index contributed by atoms with van der Waals surface area (Å²) in [5.74, 6) is 0.517. The molecule has 0 fully saturated rings. The van der Waals surface area contributed by atoms with Crippen molar-refractivity contribution in [2.75, 3.05) is 13.2 Å². The Morgan fingerprint density at radius 1 is 0.763 bits per heavy atom. The maximum atomic E-state index is 12.5. The Balaban J connectivity index is 1.51. The molecule has 0 radical (unpaired) electrons. The van der Waals surface area contributed by atoms with Crippen LogP contribution in [0.3, 0.4) is 0 Å². The monoisotopic (exact) mass is 518 g/mol. The first-order chi connectivity index (χ1) is 18.5. The number of ether oxygens (including phenoxy) is 2. The van der Waals surface area contributed by atoms with Crippen molar-refractivity contribution in [3.63, 3.8) is 0 Å². The summed E-state index contributed by atoms with van der Waals surface area (Å²) in [6.07, 6.45) is 17.4. The quantitative estimate of drug-likeness (QED) is 0.0760. The summed E-state index contributed by atoms with van der Waals surface area (Å²) in [5.41, 5.74) is 3.51. The topological polar surface area (TPSA) is 52.6 Å². The third kappa shape index (κ3) is 13.4. The molecule has 0 aliphatic rings. The molecule has 0 N–H and O–H groups in total. The summed E-state index contributed by atoms with van der Waals surface area (Å²) in [6.45, 7) is 8.65. The second-order valence-electron chi connectivity index (χ2n) is 10.0. The number of ketones is 1. The molecule has 206 valence electrons. The molecule has 2 aromatic carbocycles. The molecule has 0 saturated heterocycles. The van der Waals surface area contributed by atoms with E-state index in [1.165, 1.54) is 50.5 Å². The van der Waals surface area contributed by atoms with Gasteiger partial charge in [0.1, 0.15) is 5.75 Å². The highest BCUT2D eigenvalue weighted by atomic mass is 16.5. The smallest absolute Gasteiger partial charge is 0.333 e. The minimum absolute atomic E-state index is 0.00202. The molecule has 0 saturated carbocycles. The van der Waals surface area contributed by atoms with Crippen molar-refractivity contribution in [1.29, 1.82) is 0 Å². The van der Waals surface area contributed by atoms with E-state index < -0.39 is 0 Å². The van der Waals surface area contributed by atoms with Gasteiger partial charge in [-0.2, -0.15) is 0 Å². The average molecular weight is 519 g/mol. The predicted molar refractivity (Wildman–Crippen MR) is 158 cm³/mol. The van der Waals surface area contributed by atoms with Crippen LogP contribution in [0.25, 0.3) is 6.08 Å². The first-order valence-corrected chi connectivity index (χ1v) is 14.4. The minimum Gasteiger partial charge on any atom is -0.494 e. The molecule has 4 heteroatoms. The molecular weight excluding hydrogens is 472 g/mol. The van der Waals surface area contributed by atoms with Crippen molar-refractivity contribution in [3.05, 3.63) is 83.4 Å². The molecule has 0 bridgehead atoms. The maximum Gasteiger partial charge on any atom is 0.333 e. The van der Waals surface area contributed by atoms with Gasteiger partial charge in [-0.1, -0.05) is 95.2 Å². The number of allylic oxidation sites excluding steroid dienone is 1. The van der Waals surface area contributed by atoms with Gasteiger partial charge < -0.3 is 9.47 Å². The number of hydrogen-bond acceptors (Lipinski definition) is 4. The van der Waals surface area contributed by atoms with Crippen molar-refractivity contribution >= 4 is 17.8 Å². The highest BCUT2D eigenvalue weighted by Crippen LogP contribution is 2.16. The fraction of sp³-hybridized carbons (Fsp3) is 0.471. The molecule has 2 aromatic rings. The number of esters is 1. The third-order valence-corrected chi connectivity index (χ3v) is 6.50. The largest absolute Gasteiger partial charge is 0.494 e. The summed E-state index contributed by atoms with van der Waals surface area (Å²) in [6, 6.07) is 15.8. The lowest BCUT2D eigenvalue weighted by Crippen LogP contribution is -2.05. The summed E-state index contributed by atoms with van der Waals surface area (Å²) < 4.78 is 11.0. The Kier molecular flexibility index (Phi) is 15.5. The molecule has 0 heterocycles. The average Bonchev–Trinajstić information content (AvgIpc) is 2.93. The summed E-state index contributed by atoms with van der Waals surface area (Å²) >= 11 is 0. The van der Waals surface area contributed by atoms with Crippen LogP contribution in [0.2, 0.25) is 0 Å². The fourth-order valence-electron chi connectivity index (χ4n) is 4.08. The van der Waals surface area contributed by atoms with Gasteiger partial charge in [0, 0.05) is 11.1 Å². The zero-order valence-corrected chi connectivity index (χ0v) is 23.5. The normalized spacial score (nSPS) is 11.0. The Morgan fingerprint density at radius 2 is 1.34 bits per heavy atom. The lowest BCUT2D eigenvalue weighted by Gasteiger charge is -2.07. The summed E-state index contributed by atoms with van der Waals surface area (Å²) in [4.78, 5) is 23.8. The first-order valence-electron chi connectivity index (χ1n) is 14.4. The van der Waals surface area contributed by atoms with Crippen molar-refractivity contribution in [2.45, 2.75) is 90.9 Å². The number of benzene rings is 2. The molecule has 0 aromatic heterocycles. The van der Waals surface area contributed by atoms with Gasteiger partial charge in [-0.25, -0.2) is 4.79 Å². The van der Waals surface area contributed by atoms with E-state index >= 15 is 0 Å². The van der Waals surface area contributed by atoms with Crippen LogP contribution in [0.15, 0.2) is 66.8 Å². The Labute approximate surface area is 230 Å². The van der Waals surface area contributed by atoms with E-state index in [9.17, 15) is 9.59 Å². The second kappa shape index (κ2) is 19.0. The number of unbranched alkanes of at least 4 members (excludes halogenated alkanes) is 9. The molecule has 0 unspecified atom stereocenters. The number of aryl methyl sites for hydroxylation is 1. The van der Waals surface area contributed by atoms with Crippen LogP contribution in [0.1, 0.15) is 106 Å². The van der Waals surface area contributed by atoms with E-state index in [0.29, 0.717) is 24.4 Å². The molecule has 0 spiro atoms. The van der Waals surface area contributed by atoms with Crippen LogP contribution in [-0.2, 0) is 16.0 Å². The number of rotatable bonds is 20. The maximum absolute atomic E-state index is 12.5. The second-order valence-corrected chi connectivity index (χ2v) is 10.0. The summed E-state index contributed by atoms with van der Waals surface area (Å²) in [7, 11) is 0. The van der Waals surface area contributed by atoms with Gasteiger partial charge >= 0.3 is 5.97 Å². The fourth-order valence-corrected chi connectivity index (χ4v) is 4.08. The van der Waals surface area contributed by atoms with Crippen LogP contribution < -0.4 is 4.74 Å². The lowest BCUT2D eigenvalue weighted by atomic mass is 10.1. The van der Waals surface area contributed by atoms with Crippen LogP contribution >= 0.6 is 0 Å². The molecule has 0 aliphatic carbocycles. The predicted octanol–water partition coefficient (Wildman–Crippen LogP) is 8.93. The standard InChI is InChI=1S/C34H46O4/c1-4-5-15-29-16-18-30(19-17-29)20-25-33(35)31-21-23-32(24-22-31)37-26-13-11-9-7-6-8-10-12-14-27-38-34(36)28(2)3/h16-25H,2,4-15,26-27H2,1,3H3. The molecule has 38 heavy (non-hydrogen) atoms. The van der Waals surface area contributed by atoms with E-state index in [1.807, 2.05) is 30.3 Å². The van der Waals surface area contributed by atoms with Gasteiger partial charge in [0.15, 0.2) is 5.78 Å². The number of carbonyl (C=O) groups is 2. The van der Waals surface area contributed by atoms with Crippen LogP contribution in [0, 0.1) is 0 Å². The van der Waals surface area contributed by atoms with Gasteiger partial charge in [0.05, 0.1) is 13.2 Å². The van der Waals surface area contributed by atoms with Crippen LogP contribution in [0.4, 0.5) is 0 Å². The molecule has 0 amide bonds. The lowest BCUT2D eigenvalue weighted by molar-refractivity contribution is -0.139. The molecule has 0 aliphatic heterocycles. The molecule has 2 rings (SSSR count). The Bertz CT molecular complexity index is 986. The van der Waals surface area contributed by atoms with Gasteiger partial charge in [0.25, 0.3) is 0 Å². The van der Waals surface area contributed by atoms with Gasteiger partial charge in [0.2, 0.25) is 0 Å². The van der Waals surface area contributed by atoms with E-state index in [2.05, 4.69) is 37.8 Å². The van der Waals surface area contributed by atoms with Crippen molar-refractivity contribution in [3.8, 4) is 5.75 Å². The summed E-state index contributed by atoms with van der Waals surface area (Å²) in [5, 5.41) is 0. The van der Waals surface area contributed by atoms with E-state index in [4.69, 9.17) is 9.47 Å². The number of hydrogen-bond donors (Lipinski definition) is 0. The third-order valence-electron chi connectivity index (χ3n) is 6.50. The zero-order chi connectivity index (χ0) is 27.4. The highest BCUT2D eigenvalue weighted by Gasteiger charge is 2.04. The zero-order valence-electron chi connectivity index (χ0n) is 23.5. The highest BCUT2D eigenvalue weighted by molar-refractivity contribution is 6.06. The molecular formula is C34H46O4. The van der Waals surface area contributed by atoms with E-state index in [-0.39, 0.29) is 11.8 Å². The van der Waals surface area contributed by atoms with E-state index in [0.717, 1.165) is 43.4 Å². The van der Waals surface area contributed by atoms with Gasteiger partial charge in [-0.3, -0.25) is 4.79 Å². The molecule has 4 nitrogen and oxygen atoms in total. The van der Waals surface area contributed by atoms with Crippen LogP contribution in [0.5, 0.6) is 5.75 Å². The van der Waals surface area contributed by atoms with Crippen LogP contribution in [-0.4, -0.2) is 25.0 Å². The van der Waals surface area contributed by atoms with E-state index in [1.54, 1.807) is 13.0 Å². The van der Waals surface area contributed by atoms with Gasteiger partial charge in [-0.15, -0.1) is 0 Å². The van der Waals surface area contributed by atoms with Crippen molar-refractivity contribution in [1.82, 2.24) is 0 Å². The SMILES string of the molecule is C=C(C)C(=O)OCCCCCCCCCCCOc1ccc(C(=O)C=Cc2ccc(CCCC)cc2)cc1. The first kappa shape index (κ1) is 31.1. The number of carbonyl (C=O) groups excluding carboxylic acids is 2. The molecule has 0 atom stereocenters. The van der Waals surface area contributed by atoms with Crippen molar-refractivity contribution < 1.29 is 19.1 Å². The minimum atomic E-state index is -0.288. The van der Waals surface area contributed by atoms with Crippen molar-refractivity contribution in [2.24, 2.45) is 0 Å².